The van der Waals surface area contributed by atoms with Crippen molar-refractivity contribution in [3.8, 4) is 0 Å². The Kier molecular flexibility index (Phi) is 0.698. The number of rotatable bonds is 1. The van der Waals surface area contributed by atoms with Gasteiger partial charge in [-0.2, -0.15) is 0 Å². The third-order valence-corrected chi connectivity index (χ3v) is 1.21. The van der Waals surface area contributed by atoms with Gasteiger partial charge in [0.1, 0.15) is 0 Å². The second kappa shape index (κ2) is 0.999. The summed E-state index contributed by atoms with van der Waals surface area (Å²) in [4.78, 5) is 0. The fourth-order valence-corrected chi connectivity index (χ4v) is 0.319. The highest BCUT2D eigenvalue weighted by Gasteiger charge is 2.35. The Balaban J connectivity index is 2.28. The van der Waals surface area contributed by atoms with E-state index >= 15 is 0 Å². The van der Waals surface area contributed by atoms with Crippen LogP contribution >= 0.6 is 0 Å². The largest absolute Gasteiger partial charge is 0.397 e. The molecule has 1 aliphatic rings. The van der Waals surface area contributed by atoms with Gasteiger partial charge in [-0.1, -0.05) is 12.8 Å². The molecule has 0 saturated heterocycles. The molecule has 6 heavy (non-hydrogen) atoms. The average Bonchev–Trinajstić information content (AvgIpc) is 2.22. The van der Waals surface area contributed by atoms with Gasteiger partial charge in [0.25, 0.3) is 0 Å². The van der Waals surface area contributed by atoms with Crippen LogP contribution in [0, 0.1) is 0 Å². The summed E-state index contributed by atoms with van der Waals surface area (Å²) < 4.78 is 0. The molecule has 0 aliphatic heterocycles. The Morgan fingerprint density at radius 2 is 2.17 bits per heavy atom. The summed E-state index contributed by atoms with van der Waals surface area (Å²) in [6.45, 7) is 0.160. The normalized spacial score (nSPS) is 26.8. The smallest absolute Gasteiger partial charge is 0.0777 e. The van der Waals surface area contributed by atoms with Crippen molar-refractivity contribution in [1.29, 1.82) is 0 Å². The molecule has 0 unspecified atom stereocenters. The van der Waals surface area contributed by atoms with E-state index in [-0.39, 0.29) is 11.9 Å². The fourth-order valence-electron chi connectivity index (χ4n) is 0.319. The standard InChI is InChI=1S/C4H7BO/c5-4(3-6)1-2-4/h6H,1-3H2. The molecule has 0 heterocycles. The lowest BCUT2D eigenvalue weighted by Gasteiger charge is -1.96. The van der Waals surface area contributed by atoms with Crippen molar-refractivity contribution in [3.05, 3.63) is 0 Å². The summed E-state index contributed by atoms with van der Waals surface area (Å²) in [5.41, 5.74) is 0. The van der Waals surface area contributed by atoms with Crippen LogP contribution < -0.4 is 0 Å². The minimum atomic E-state index is -0.153. The molecule has 1 rings (SSSR count). The van der Waals surface area contributed by atoms with E-state index < -0.39 is 0 Å². The van der Waals surface area contributed by atoms with Crippen molar-refractivity contribution in [2.75, 3.05) is 6.61 Å². The maximum atomic E-state index is 8.34. The molecular formula is C4H7BO. The predicted molar refractivity (Wildman–Crippen MR) is 24.8 cm³/mol. The van der Waals surface area contributed by atoms with Crippen LogP contribution in [0.15, 0.2) is 0 Å². The van der Waals surface area contributed by atoms with Gasteiger partial charge >= 0.3 is 0 Å². The first-order valence-corrected chi connectivity index (χ1v) is 2.17. The molecule has 1 saturated carbocycles. The monoisotopic (exact) mass is 82.1 g/mol. The topological polar surface area (TPSA) is 20.2 Å². The van der Waals surface area contributed by atoms with Gasteiger partial charge in [0.2, 0.25) is 0 Å². The highest BCUT2D eigenvalue weighted by molar-refractivity contribution is 6.17. The number of hydrogen-bond acceptors (Lipinski definition) is 1. The molecule has 32 valence electrons. The van der Waals surface area contributed by atoms with Crippen LogP contribution in [0.5, 0.6) is 0 Å². The van der Waals surface area contributed by atoms with Crippen LogP contribution in [0.3, 0.4) is 0 Å². The van der Waals surface area contributed by atoms with E-state index in [0.717, 1.165) is 12.8 Å². The first-order chi connectivity index (χ1) is 2.77. The average molecular weight is 81.9 g/mol. The van der Waals surface area contributed by atoms with E-state index in [4.69, 9.17) is 13.0 Å². The van der Waals surface area contributed by atoms with Gasteiger partial charge in [-0.3, -0.25) is 0 Å². The van der Waals surface area contributed by atoms with Crippen LogP contribution in [0.4, 0.5) is 0 Å². The fraction of sp³-hybridized carbons (Fsp3) is 1.00. The Labute approximate surface area is 38.8 Å². The van der Waals surface area contributed by atoms with Crippen LogP contribution in [0.1, 0.15) is 12.8 Å². The summed E-state index contributed by atoms with van der Waals surface area (Å²) in [5.74, 6) is 0. The molecule has 2 heteroatoms. The second-order valence-electron chi connectivity index (χ2n) is 2.02. The van der Waals surface area contributed by atoms with Gasteiger partial charge in [-0.05, 0) is 5.31 Å². The Morgan fingerprint density at radius 1 is 1.67 bits per heavy atom. The SMILES string of the molecule is [B]C1(CO)CC1. The number of aliphatic hydroxyl groups excluding tert-OH is 1. The summed E-state index contributed by atoms with van der Waals surface area (Å²) >= 11 is 0. The third kappa shape index (κ3) is 0.572. The highest BCUT2D eigenvalue weighted by Crippen LogP contribution is 2.49. The number of hydrogen-bond donors (Lipinski definition) is 1. The predicted octanol–water partition coefficient (Wildman–Crippen LogP) is 0.0997. The summed E-state index contributed by atoms with van der Waals surface area (Å²) in [6.07, 6.45) is 2.01. The van der Waals surface area contributed by atoms with Crippen molar-refractivity contribution in [1.82, 2.24) is 0 Å². The van der Waals surface area contributed by atoms with E-state index in [2.05, 4.69) is 0 Å². The first-order valence-electron chi connectivity index (χ1n) is 2.17. The van der Waals surface area contributed by atoms with Crippen molar-refractivity contribution >= 4 is 7.85 Å². The van der Waals surface area contributed by atoms with Crippen LogP contribution in [0.2, 0.25) is 5.31 Å². The van der Waals surface area contributed by atoms with Gasteiger partial charge in [0.05, 0.1) is 7.85 Å². The molecule has 0 aromatic carbocycles. The molecule has 0 bridgehead atoms. The lowest BCUT2D eigenvalue weighted by atomic mass is 9.85. The van der Waals surface area contributed by atoms with E-state index in [1.165, 1.54) is 0 Å². The van der Waals surface area contributed by atoms with E-state index in [0.29, 0.717) is 0 Å². The minimum Gasteiger partial charge on any atom is -0.397 e. The molecule has 0 aromatic rings. The Bertz CT molecular complexity index is 58.6. The number of aliphatic hydroxyl groups is 1. The lowest BCUT2D eigenvalue weighted by molar-refractivity contribution is 0.283. The summed E-state index contributed by atoms with van der Waals surface area (Å²) in [6, 6.07) is 0. The van der Waals surface area contributed by atoms with Gasteiger partial charge in [-0.15, -0.1) is 0 Å². The van der Waals surface area contributed by atoms with Crippen LogP contribution in [-0.4, -0.2) is 19.6 Å². The zero-order valence-corrected chi connectivity index (χ0v) is 3.65. The van der Waals surface area contributed by atoms with Crippen LogP contribution in [0.25, 0.3) is 0 Å². The van der Waals surface area contributed by atoms with Crippen LogP contribution in [-0.2, 0) is 0 Å². The van der Waals surface area contributed by atoms with Crippen molar-refractivity contribution < 1.29 is 5.11 Å². The molecule has 0 amide bonds. The lowest BCUT2D eigenvalue weighted by Crippen LogP contribution is -1.95. The van der Waals surface area contributed by atoms with Crippen molar-refractivity contribution in [2.45, 2.75) is 18.2 Å². The summed E-state index contributed by atoms with van der Waals surface area (Å²) in [7, 11) is 5.40. The maximum Gasteiger partial charge on any atom is 0.0777 e. The maximum absolute atomic E-state index is 8.34. The Hall–Kier alpha value is 0.0249. The van der Waals surface area contributed by atoms with Gasteiger partial charge in [0, 0.05) is 6.61 Å². The third-order valence-electron chi connectivity index (χ3n) is 1.21. The first kappa shape index (κ1) is 4.19. The highest BCUT2D eigenvalue weighted by atomic mass is 16.3. The molecule has 1 fully saturated rings. The zero-order chi connectivity index (χ0) is 4.62. The molecule has 1 aliphatic carbocycles. The molecule has 0 aromatic heterocycles. The zero-order valence-electron chi connectivity index (χ0n) is 3.65. The quantitative estimate of drug-likeness (QED) is 0.444. The van der Waals surface area contributed by atoms with E-state index in [9.17, 15) is 0 Å². The molecule has 1 nitrogen and oxygen atoms in total. The minimum absolute atomic E-state index is 0.153. The van der Waals surface area contributed by atoms with E-state index in [1.54, 1.807) is 0 Å². The molecule has 0 spiro atoms. The van der Waals surface area contributed by atoms with Gasteiger partial charge in [-0.25, -0.2) is 0 Å². The molecule has 1 N–H and O–H groups in total. The molecular weight excluding hydrogens is 74.9 g/mol. The van der Waals surface area contributed by atoms with E-state index in [1.807, 2.05) is 0 Å². The molecule has 2 radical (unpaired) electrons. The molecule has 0 atom stereocenters. The summed E-state index contributed by atoms with van der Waals surface area (Å²) in [5, 5.41) is 8.19. The second-order valence-corrected chi connectivity index (χ2v) is 2.02. The van der Waals surface area contributed by atoms with Crippen molar-refractivity contribution in [2.24, 2.45) is 0 Å². The van der Waals surface area contributed by atoms with Gasteiger partial charge in [0.15, 0.2) is 0 Å². The van der Waals surface area contributed by atoms with Gasteiger partial charge < -0.3 is 5.11 Å². The van der Waals surface area contributed by atoms with Crippen molar-refractivity contribution in [3.63, 3.8) is 0 Å². The Morgan fingerprint density at radius 3 is 2.17 bits per heavy atom.